The number of carbonyl (C=O) groups excluding carboxylic acids is 2. The summed E-state index contributed by atoms with van der Waals surface area (Å²) in [4.78, 5) is 24.6. The van der Waals surface area contributed by atoms with Crippen molar-refractivity contribution in [1.82, 2.24) is 0 Å². The molecule has 0 N–H and O–H groups in total. The van der Waals surface area contributed by atoms with Crippen LogP contribution in [0.25, 0.3) is 0 Å². The largest absolute Gasteiger partial charge is 0.456 e. The van der Waals surface area contributed by atoms with Gasteiger partial charge in [0.1, 0.15) is 17.1 Å². The van der Waals surface area contributed by atoms with Gasteiger partial charge in [0.2, 0.25) is 0 Å². The van der Waals surface area contributed by atoms with E-state index in [4.69, 9.17) is 9.47 Å². The normalized spacial score (nSPS) is 10.2. The van der Waals surface area contributed by atoms with Crippen LogP contribution in [0.5, 0.6) is 11.5 Å². The van der Waals surface area contributed by atoms with Crippen molar-refractivity contribution in [3.63, 3.8) is 0 Å². The zero-order chi connectivity index (χ0) is 18.4. The second-order valence-electron chi connectivity index (χ2n) is 5.42. The molecule has 0 fully saturated rings. The van der Waals surface area contributed by atoms with Crippen molar-refractivity contribution in [3.05, 3.63) is 94.5 Å². The minimum Gasteiger partial charge on any atom is -0.456 e. The fraction of sp³-hybridized carbons (Fsp3) is 0.0476. The Labute approximate surface area is 159 Å². The van der Waals surface area contributed by atoms with Crippen molar-refractivity contribution in [2.75, 3.05) is 6.61 Å². The van der Waals surface area contributed by atoms with Crippen LogP contribution in [-0.4, -0.2) is 18.4 Å². The summed E-state index contributed by atoms with van der Waals surface area (Å²) in [7, 11) is 0. The Morgan fingerprint density at radius 3 is 2.35 bits per heavy atom. The summed E-state index contributed by atoms with van der Waals surface area (Å²) in [6, 6.07) is 22.8. The lowest BCUT2D eigenvalue weighted by Crippen LogP contribution is -2.14. The lowest BCUT2D eigenvalue weighted by Gasteiger charge is -2.10. The van der Waals surface area contributed by atoms with Crippen LogP contribution in [0.4, 0.5) is 0 Å². The molecule has 0 radical (unpaired) electrons. The van der Waals surface area contributed by atoms with Crippen LogP contribution in [0.3, 0.4) is 0 Å². The predicted molar refractivity (Wildman–Crippen MR) is 102 cm³/mol. The molecule has 0 unspecified atom stereocenters. The van der Waals surface area contributed by atoms with Crippen LogP contribution in [0.1, 0.15) is 20.7 Å². The molecule has 5 heteroatoms. The second kappa shape index (κ2) is 8.45. The molecule has 130 valence electrons. The minimum absolute atomic E-state index is 0.262. The lowest BCUT2D eigenvalue weighted by molar-refractivity contribution is 0.0472. The molecule has 0 saturated carbocycles. The molecule has 4 nitrogen and oxygen atoms in total. The molecule has 3 aromatic carbocycles. The highest BCUT2D eigenvalue weighted by molar-refractivity contribution is 9.10. The first-order chi connectivity index (χ1) is 12.6. The molecule has 0 spiro atoms. The topological polar surface area (TPSA) is 52.6 Å². The first-order valence-electron chi connectivity index (χ1n) is 7.91. The number of esters is 1. The van der Waals surface area contributed by atoms with Crippen molar-refractivity contribution in [1.29, 1.82) is 0 Å². The number of para-hydroxylation sites is 2. The van der Waals surface area contributed by atoms with Crippen LogP contribution in [0.2, 0.25) is 0 Å². The fourth-order valence-corrected chi connectivity index (χ4v) is 2.69. The van der Waals surface area contributed by atoms with Gasteiger partial charge in [0, 0.05) is 10.0 Å². The maximum Gasteiger partial charge on any atom is 0.342 e. The lowest BCUT2D eigenvalue weighted by atomic mass is 10.1. The van der Waals surface area contributed by atoms with E-state index in [0.717, 1.165) is 4.47 Å². The molecular weight excluding hydrogens is 396 g/mol. The van der Waals surface area contributed by atoms with Gasteiger partial charge in [-0.05, 0) is 36.4 Å². The summed E-state index contributed by atoms with van der Waals surface area (Å²) in [5, 5.41) is 0. The monoisotopic (exact) mass is 410 g/mol. The highest BCUT2D eigenvalue weighted by Crippen LogP contribution is 2.25. The van der Waals surface area contributed by atoms with Crippen molar-refractivity contribution in [3.8, 4) is 11.5 Å². The number of hydrogen-bond acceptors (Lipinski definition) is 4. The summed E-state index contributed by atoms with van der Waals surface area (Å²) < 4.78 is 11.7. The van der Waals surface area contributed by atoms with E-state index in [2.05, 4.69) is 15.9 Å². The van der Waals surface area contributed by atoms with Crippen molar-refractivity contribution in [2.24, 2.45) is 0 Å². The zero-order valence-electron chi connectivity index (χ0n) is 13.7. The number of ether oxygens (including phenoxy) is 2. The van der Waals surface area contributed by atoms with Crippen LogP contribution in [0.15, 0.2) is 83.3 Å². The summed E-state index contributed by atoms with van der Waals surface area (Å²) in [5.74, 6) is 0.0950. The average molecular weight is 411 g/mol. The fourth-order valence-electron chi connectivity index (χ4n) is 2.29. The first-order valence-corrected chi connectivity index (χ1v) is 8.70. The van der Waals surface area contributed by atoms with Gasteiger partial charge in [-0.3, -0.25) is 4.79 Å². The summed E-state index contributed by atoms with van der Waals surface area (Å²) in [6.07, 6.45) is 0. The molecule has 0 heterocycles. The van der Waals surface area contributed by atoms with Gasteiger partial charge in [-0.2, -0.15) is 0 Å². The molecule has 3 rings (SSSR count). The Bertz CT molecular complexity index is 922. The van der Waals surface area contributed by atoms with Gasteiger partial charge in [-0.25, -0.2) is 4.79 Å². The number of rotatable bonds is 6. The van der Waals surface area contributed by atoms with E-state index >= 15 is 0 Å². The molecule has 0 saturated heterocycles. The van der Waals surface area contributed by atoms with E-state index in [1.165, 1.54) is 0 Å². The van der Waals surface area contributed by atoms with Gasteiger partial charge >= 0.3 is 5.97 Å². The number of halogens is 1. The first kappa shape index (κ1) is 17.9. The number of hydrogen-bond donors (Lipinski definition) is 0. The SMILES string of the molecule is O=C(COC(=O)c1ccccc1Oc1ccccc1)c1cccc(Br)c1. The van der Waals surface area contributed by atoms with Crippen LogP contribution in [0, 0.1) is 0 Å². The van der Waals surface area contributed by atoms with E-state index in [1.54, 1.807) is 54.6 Å². The van der Waals surface area contributed by atoms with E-state index in [1.807, 2.05) is 24.3 Å². The Morgan fingerprint density at radius 2 is 1.58 bits per heavy atom. The van der Waals surface area contributed by atoms with Gasteiger partial charge < -0.3 is 9.47 Å². The number of ketones is 1. The van der Waals surface area contributed by atoms with Crippen LogP contribution < -0.4 is 4.74 Å². The molecule has 0 atom stereocenters. The van der Waals surface area contributed by atoms with Crippen molar-refractivity contribution in [2.45, 2.75) is 0 Å². The highest BCUT2D eigenvalue weighted by atomic mass is 79.9. The maximum atomic E-state index is 12.4. The Kier molecular flexibility index (Phi) is 5.81. The second-order valence-corrected chi connectivity index (χ2v) is 6.34. The average Bonchev–Trinajstić information content (AvgIpc) is 2.67. The highest BCUT2D eigenvalue weighted by Gasteiger charge is 2.16. The quantitative estimate of drug-likeness (QED) is 0.409. The van der Waals surface area contributed by atoms with E-state index in [9.17, 15) is 9.59 Å². The number of Topliss-reactive ketones (excluding diaryl/α,β-unsaturated/α-hetero) is 1. The molecule has 26 heavy (non-hydrogen) atoms. The van der Waals surface area contributed by atoms with Crippen molar-refractivity contribution < 1.29 is 19.1 Å². The molecule has 0 aliphatic carbocycles. The molecule has 0 aliphatic rings. The molecule has 0 aromatic heterocycles. The maximum absolute atomic E-state index is 12.4. The third-order valence-corrected chi connectivity index (χ3v) is 4.05. The van der Waals surface area contributed by atoms with Gasteiger partial charge in [-0.1, -0.05) is 58.4 Å². The standard InChI is InChI=1S/C21H15BrO4/c22-16-8-6-7-15(13-16)19(23)14-25-21(24)18-11-4-5-12-20(18)26-17-9-2-1-3-10-17/h1-13H,14H2. The van der Waals surface area contributed by atoms with E-state index in [0.29, 0.717) is 17.1 Å². The van der Waals surface area contributed by atoms with Gasteiger partial charge in [0.25, 0.3) is 0 Å². The van der Waals surface area contributed by atoms with Gasteiger partial charge in [0.15, 0.2) is 12.4 Å². The molecule has 3 aromatic rings. The summed E-state index contributed by atoms with van der Waals surface area (Å²) in [5.41, 5.74) is 0.736. The smallest absolute Gasteiger partial charge is 0.342 e. The Hall–Kier alpha value is -2.92. The Morgan fingerprint density at radius 1 is 0.846 bits per heavy atom. The molecule has 0 bridgehead atoms. The molecule has 0 aliphatic heterocycles. The number of benzene rings is 3. The third-order valence-electron chi connectivity index (χ3n) is 3.56. The van der Waals surface area contributed by atoms with E-state index < -0.39 is 5.97 Å². The number of carbonyl (C=O) groups is 2. The molecular formula is C21H15BrO4. The van der Waals surface area contributed by atoms with Gasteiger partial charge in [0.05, 0.1) is 0 Å². The predicted octanol–water partition coefficient (Wildman–Crippen LogP) is 5.28. The minimum atomic E-state index is -0.611. The van der Waals surface area contributed by atoms with Crippen molar-refractivity contribution >= 4 is 27.7 Å². The van der Waals surface area contributed by atoms with Gasteiger partial charge in [-0.15, -0.1) is 0 Å². The van der Waals surface area contributed by atoms with Crippen LogP contribution >= 0.6 is 15.9 Å². The zero-order valence-corrected chi connectivity index (χ0v) is 15.3. The molecule has 0 amide bonds. The summed E-state index contributed by atoms with van der Waals surface area (Å²) in [6.45, 7) is -0.338. The van der Waals surface area contributed by atoms with Crippen LogP contribution in [-0.2, 0) is 4.74 Å². The Balaban J connectivity index is 1.69. The van der Waals surface area contributed by atoms with E-state index in [-0.39, 0.29) is 18.0 Å². The summed E-state index contributed by atoms with van der Waals surface area (Å²) >= 11 is 3.31. The third kappa shape index (κ3) is 4.58.